The quantitative estimate of drug-likeness (QED) is 0.670. The highest BCUT2D eigenvalue weighted by Crippen LogP contribution is 2.38. The molecule has 5 nitrogen and oxygen atoms in total. The van der Waals surface area contributed by atoms with Crippen molar-refractivity contribution in [3.8, 4) is 17.1 Å². The molecule has 0 saturated carbocycles. The van der Waals surface area contributed by atoms with Crippen LogP contribution in [0.1, 0.15) is 11.1 Å². The zero-order chi connectivity index (χ0) is 13.1. The van der Waals surface area contributed by atoms with Gasteiger partial charge < -0.3 is 4.18 Å². The smallest absolute Gasteiger partial charge is 0.350 e. The minimum Gasteiger partial charge on any atom is -0.350 e. The summed E-state index contributed by atoms with van der Waals surface area (Å²) in [5.41, 5.74) is 2.96. The van der Waals surface area contributed by atoms with Gasteiger partial charge in [0.05, 0.1) is 7.05 Å². The summed E-state index contributed by atoms with van der Waals surface area (Å²) < 4.78 is 32.0. The zero-order valence-corrected chi connectivity index (χ0v) is 11.2. The number of fused-ring (bicyclic) bond motifs is 3. The third-order valence-electron chi connectivity index (χ3n) is 3.33. The van der Waals surface area contributed by atoms with Gasteiger partial charge in [0, 0.05) is 0 Å². The SMILES string of the molecule is Cc1ccc2c(c1C)-c1n(cc[n+]1C)S(=O)(=O)O2. The van der Waals surface area contributed by atoms with Crippen LogP contribution in [0.5, 0.6) is 5.75 Å². The molecular formula is C12H13N2O3S+. The number of aromatic nitrogens is 2. The average molecular weight is 265 g/mol. The fourth-order valence-corrected chi connectivity index (χ4v) is 3.30. The van der Waals surface area contributed by atoms with Gasteiger partial charge in [-0.1, -0.05) is 10.0 Å². The summed E-state index contributed by atoms with van der Waals surface area (Å²) >= 11 is 0. The van der Waals surface area contributed by atoms with Gasteiger partial charge in [-0.25, -0.2) is 4.57 Å². The van der Waals surface area contributed by atoms with Crippen LogP contribution in [0.2, 0.25) is 0 Å². The molecule has 0 N–H and O–H groups in total. The van der Waals surface area contributed by atoms with Gasteiger partial charge in [-0.2, -0.15) is 0 Å². The van der Waals surface area contributed by atoms with Crippen molar-refractivity contribution < 1.29 is 17.2 Å². The van der Waals surface area contributed by atoms with Crippen molar-refractivity contribution >= 4 is 10.3 Å². The summed E-state index contributed by atoms with van der Waals surface area (Å²) in [6.07, 6.45) is 3.20. The van der Waals surface area contributed by atoms with Gasteiger partial charge in [0.15, 0.2) is 11.9 Å². The molecule has 1 aliphatic rings. The minimum atomic E-state index is -3.77. The van der Waals surface area contributed by atoms with Crippen LogP contribution >= 0.6 is 0 Å². The number of rotatable bonds is 0. The zero-order valence-electron chi connectivity index (χ0n) is 10.3. The average Bonchev–Trinajstić information content (AvgIpc) is 2.67. The van der Waals surface area contributed by atoms with Crippen molar-refractivity contribution in [3.05, 3.63) is 35.7 Å². The Kier molecular flexibility index (Phi) is 2.10. The molecule has 0 spiro atoms. The Hall–Kier alpha value is -1.82. The molecular weight excluding hydrogens is 252 g/mol. The highest BCUT2D eigenvalue weighted by molar-refractivity contribution is 7.85. The van der Waals surface area contributed by atoms with E-state index in [1.807, 2.05) is 27.0 Å². The molecule has 0 fully saturated rings. The molecule has 1 aromatic carbocycles. The van der Waals surface area contributed by atoms with Gasteiger partial charge in [0.2, 0.25) is 0 Å². The van der Waals surface area contributed by atoms with Crippen LogP contribution < -0.4 is 8.75 Å². The van der Waals surface area contributed by atoms with Crippen LogP contribution in [-0.4, -0.2) is 12.4 Å². The van der Waals surface area contributed by atoms with Crippen molar-refractivity contribution in [2.24, 2.45) is 7.05 Å². The fraction of sp³-hybridized carbons (Fsp3) is 0.250. The van der Waals surface area contributed by atoms with E-state index in [0.717, 1.165) is 16.7 Å². The lowest BCUT2D eigenvalue weighted by Gasteiger charge is -2.17. The third-order valence-corrected chi connectivity index (χ3v) is 4.49. The van der Waals surface area contributed by atoms with E-state index in [1.54, 1.807) is 16.8 Å². The number of benzene rings is 1. The maximum absolute atomic E-state index is 12.0. The molecule has 1 aliphatic heterocycles. The summed E-state index contributed by atoms with van der Waals surface area (Å²) in [6, 6.07) is 3.56. The van der Waals surface area contributed by atoms with Gasteiger partial charge in [0.1, 0.15) is 11.8 Å². The van der Waals surface area contributed by atoms with Crippen molar-refractivity contribution in [1.82, 2.24) is 3.97 Å². The summed E-state index contributed by atoms with van der Waals surface area (Å²) in [5, 5.41) is 0. The lowest BCUT2D eigenvalue weighted by molar-refractivity contribution is -0.659. The molecule has 18 heavy (non-hydrogen) atoms. The van der Waals surface area contributed by atoms with Crippen molar-refractivity contribution in [3.63, 3.8) is 0 Å². The molecule has 0 aliphatic carbocycles. The fourth-order valence-electron chi connectivity index (χ4n) is 2.22. The van der Waals surface area contributed by atoms with Crippen LogP contribution in [0.4, 0.5) is 0 Å². The lowest BCUT2D eigenvalue weighted by atomic mass is 10.0. The number of nitrogens with zero attached hydrogens (tertiary/aromatic N) is 2. The Morgan fingerprint density at radius 2 is 2.00 bits per heavy atom. The first-order valence-electron chi connectivity index (χ1n) is 5.54. The Balaban J connectivity index is 2.48. The molecule has 2 aromatic rings. The standard InChI is InChI=1S/C12H13N2O3S/c1-8-4-5-10-11(9(8)2)12-13(3)6-7-14(12)18(15,16)17-10/h4-7H,1-3H3/q+1. The third kappa shape index (κ3) is 1.32. The van der Waals surface area contributed by atoms with Gasteiger partial charge in [0.25, 0.3) is 0 Å². The van der Waals surface area contributed by atoms with E-state index in [9.17, 15) is 8.42 Å². The molecule has 2 heterocycles. The predicted molar refractivity (Wildman–Crippen MR) is 65.5 cm³/mol. The Labute approximate surface area is 106 Å². The van der Waals surface area contributed by atoms with Crippen molar-refractivity contribution in [2.45, 2.75) is 13.8 Å². The number of hydrogen-bond donors (Lipinski definition) is 0. The largest absolute Gasteiger partial charge is 0.492 e. The van der Waals surface area contributed by atoms with Gasteiger partial charge in [-0.3, -0.25) is 0 Å². The van der Waals surface area contributed by atoms with Gasteiger partial charge >= 0.3 is 16.1 Å². The molecule has 94 valence electrons. The highest BCUT2D eigenvalue weighted by atomic mass is 32.2. The second-order valence-corrected chi connectivity index (χ2v) is 5.87. The van der Waals surface area contributed by atoms with Crippen LogP contribution in [0.15, 0.2) is 24.5 Å². The summed E-state index contributed by atoms with van der Waals surface area (Å²) in [4.78, 5) is 0. The normalized spacial score (nSPS) is 15.7. The Morgan fingerprint density at radius 1 is 1.28 bits per heavy atom. The molecule has 0 unspecified atom stereocenters. The van der Waals surface area contributed by atoms with Gasteiger partial charge in [-0.05, 0) is 31.0 Å². The summed E-state index contributed by atoms with van der Waals surface area (Å²) in [6.45, 7) is 3.96. The van der Waals surface area contributed by atoms with E-state index in [0.29, 0.717) is 11.6 Å². The molecule has 0 bridgehead atoms. The first-order chi connectivity index (χ1) is 8.42. The van der Waals surface area contributed by atoms with E-state index in [-0.39, 0.29) is 0 Å². The molecule has 0 saturated heterocycles. The van der Waals surface area contributed by atoms with E-state index in [1.165, 1.54) is 10.2 Å². The first-order valence-corrected chi connectivity index (χ1v) is 6.91. The van der Waals surface area contributed by atoms with E-state index >= 15 is 0 Å². The minimum absolute atomic E-state index is 0.389. The topological polar surface area (TPSA) is 52.2 Å². The molecule has 3 rings (SSSR count). The molecule has 0 amide bonds. The van der Waals surface area contributed by atoms with E-state index in [2.05, 4.69) is 0 Å². The predicted octanol–water partition coefficient (Wildman–Crippen LogP) is 1.08. The molecule has 1 aromatic heterocycles. The molecule has 0 atom stereocenters. The maximum Gasteiger partial charge on any atom is 0.492 e. The Morgan fingerprint density at radius 3 is 2.72 bits per heavy atom. The highest BCUT2D eigenvalue weighted by Gasteiger charge is 2.38. The first kappa shape index (κ1) is 11.3. The number of imidazole rings is 1. The van der Waals surface area contributed by atoms with Crippen LogP contribution in [0, 0.1) is 13.8 Å². The van der Waals surface area contributed by atoms with E-state index < -0.39 is 10.3 Å². The Bertz CT molecular complexity index is 760. The summed E-state index contributed by atoms with van der Waals surface area (Å²) in [7, 11) is -1.95. The molecule has 0 radical (unpaired) electrons. The van der Waals surface area contributed by atoms with Crippen LogP contribution in [-0.2, 0) is 17.4 Å². The monoisotopic (exact) mass is 265 g/mol. The molecule has 6 heteroatoms. The lowest BCUT2D eigenvalue weighted by Crippen LogP contribution is -2.34. The van der Waals surface area contributed by atoms with Crippen LogP contribution in [0.3, 0.4) is 0 Å². The van der Waals surface area contributed by atoms with Crippen LogP contribution in [0.25, 0.3) is 11.4 Å². The van der Waals surface area contributed by atoms with Crippen molar-refractivity contribution in [2.75, 3.05) is 0 Å². The second kappa shape index (κ2) is 3.35. The number of aryl methyl sites for hydroxylation is 2. The number of hydrogen-bond acceptors (Lipinski definition) is 3. The van der Waals surface area contributed by atoms with E-state index in [4.69, 9.17) is 4.18 Å². The second-order valence-electron chi connectivity index (χ2n) is 4.45. The maximum atomic E-state index is 12.0. The summed E-state index contributed by atoms with van der Waals surface area (Å²) in [5.74, 6) is 1.01. The van der Waals surface area contributed by atoms with Gasteiger partial charge in [-0.15, -0.1) is 8.42 Å². The van der Waals surface area contributed by atoms with Crippen molar-refractivity contribution in [1.29, 1.82) is 0 Å².